The Morgan fingerprint density at radius 2 is 2.44 bits per heavy atom. The molecule has 0 aromatic carbocycles. The van der Waals surface area contributed by atoms with Crippen LogP contribution in [0.5, 0.6) is 0 Å². The summed E-state index contributed by atoms with van der Waals surface area (Å²) >= 11 is 0. The predicted molar refractivity (Wildman–Crippen MR) is 37.1 cm³/mol. The second kappa shape index (κ2) is 4.81. The summed E-state index contributed by atoms with van der Waals surface area (Å²) < 4.78 is 0. The van der Waals surface area contributed by atoms with Crippen molar-refractivity contribution in [3.8, 4) is 0 Å². The van der Waals surface area contributed by atoms with Crippen LogP contribution in [0.4, 0.5) is 0 Å². The van der Waals surface area contributed by atoms with Crippen molar-refractivity contribution in [2.75, 3.05) is 6.54 Å². The van der Waals surface area contributed by atoms with Gasteiger partial charge in [0.25, 0.3) is 0 Å². The van der Waals surface area contributed by atoms with Gasteiger partial charge in [-0.1, -0.05) is 0 Å². The first-order valence-corrected chi connectivity index (χ1v) is 2.61. The predicted octanol–water partition coefficient (Wildman–Crippen LogP) is -0.470. The molecule has 1 aromatic rings. The molecular weight excluding hydrogens is 221 g/mol. The van der Waals surface area contributed by atoms with Crippen molar-refractivity contribution < 1.29 is 0 Å². The zero-order valence-electron chi connectivity index (χ0n) is 5.09. The van der Waals surface area contributed by atoms with Gasteiger partial charge in [0.05, 0.1) is 6.33 Å². The van der Waals surface area contributed by atoms with Crippen molar-refractivity contribution in [1.29, 1.82) is 0 Å². The fourth-order valence-corrected chi connectivity index (χ4v) is 0.577. The summed E-state index contributed by atoms with van der Waals surface area (Å²) in [6.45, 7) is 0.683. The minimum absolute atomic E-state index is 0. The number of aromatic amines is 1. The Morgan fingerprint density at radius 3 is 2.89 bits per heavy atom. The summed E-state index contributed by atoms with van der Waals surface area (Å²) in [5, 5.41) is 0. The number of hydrogen-bond donors (Lipinski definition) is 2. The maximum Gasteiger partial charge on any atom is 0.0921 e. The molecule has 0 saturated heterocycles. The summed E-state index contributed by atoms with van der Waals surface area (Å²) in [5.41, 5.74) is 6.38. The van der Waals surface area contributed by atoms with Gasteiger partial charge in [0.1, 0.15) is 0 Å². The van der Waals surface area contributed by atoms with Crippen LogP contribution in [0.2, 0.25) is 0 Å². The first-order chi connectivity index (χ1) is 3.93. The van der Waals surface area contributed by atoms with Crippen molar-refractivity contribution in [2.45, 2.75) is 6.42 Å². The van der Waals surface area contributed by atoms with Gasteiger partial charge in [-0.3, -0.25) is 0 Å². The third kappa shape index (κ3) is 2.86. The third-order valence-electron chi connectivity index (χ3n) is 0.969. The van der Waals surface area contributed by atoms with Crippen molar-refractivity contribution >= 4 is 23.9 Å². The molecule has 0 fully saturated rings. The number of aromatic nitrogens is 2. The Bertz CT molecular complexity index is 138. The fourth-order valence-electron chi connectivity index (χ4n) is 0.577. The molecule has 4 radical (unpaired) electrons. The smallest absolute Gasteiger partial charge is 0.0921 e. The summed E-state index contributed by atoms with van der Waals surface area (Å²) in [6.07, 6.45) is 4.33. The first-order valence-electron chi connectivity index (χ1n) is 2.61. The van der Waals surface area contributed by atoms with E-state index in [2.05, 4.69) is 9.97 Å². The average Bonchev–Trinajstić information content (AvgIpc) is 2.19. The average molecular weight is 230 g/mol. The van der Waals surface area contributed by atoms with E-state index in [1.165, 1.54) is 0 Å². The molecule has 0 unspecified atom stereocenters. The van der Waals surface area contributed by atoms with Gasteiger partial charge >= 0.3 is 0 Å². The summed E-state index contributed by atoms with van der Waals surface area (Å²) in [7, 11) is 0. The normalized spacial score (nSPS) is 8.56. The first kappa shape index (κ1) is 8.97. The Kier molecular flexibility index (Phi) is 4.79. The second-order valence-corrected chi connectivity index (χ2v) is 1.62. The minimum atomic E-state index is 0. The summed E-state index contributed by atoms with van der Waals surface area (Å²) in [5.74, 6) is 0. The van der Waals surface area contributed by atoms with Crippen LogP contribution < -0.4 is 5.73 Å². The zero-order chi connectivity index (χ0) is 5.82. The maximum atomic E-state index is 5.27. The number of hydrogen-bond acceptors (Lipinski definition) is 2. The molecule has 0 spiro atoms. The molecule has 0 atom stereocenters. The van der Waals surface area contributed by atoms with Crippen LogP contribution in [0.3, 0.4) is 0 Å². The van der Waals surface area contributed by atoms with Gasteiger partial charge in [0.15, 0.2) is 0 Å². The van der Waals surface area contributed by atoms with E-state index in [-0.39, 0.29) is 23.9 Å². The Hall–Kier alpha value is -0.0313. The molecule has 0 amide bonds. The van der Waals surface area contributed by atoms with Crippen LogP contribution in [-0.4, -0.2) is 40.4 Å². The third-order valence-corrected chi connectivity index (χ3v) is 0.969. The van der Waals surface area contributed by atoms with E-state index in [0.29, 0.717) is 6.54 Å². The van der Waals surface area contributed by atoms with E-state index in [9.17, 15) is 0 Å². The monoisotopic (exact) mass is 231 g/mol. The molecule has 48 valence electrons. The van der Waals surface area contributed by atoms with Crippen LogP contribution in [0.1, 0.15) is 5.69 Å². The number of nitrogens with two attached hydrogens (primary N) is 1. The number of imidazole rings is 1. The van der Waals surface area contributed by atoms with Gasteiger partial charge in [0, 0.05) is 42.2 Å². The van der Waals surface area contributed by atoms with Crippen LogP contribution in [0, 0.1) is 0 Å². The molecule has 0 bridgehead atoms. The largest absolute Gasteiger partial charge is 0.348 e. The molecule has 1 rings (SSSR count). The van der Waals surface area contributed by atoms with Crippen LogP contribution in [0.15, 0.2) is 12.5 Å². The standard InChI is InChI=1S/C5H9N3.Sn/c6-2-1-5-3-7-4-8-5;/h3-4H,1-2,6H2,(H,7,8);. The summed E-state index contributed by atoms with van der Waals surface area (Å²) in [6, 6.07) is 0. The molecule has 0 aliphatic rings. The van der Waals surface area contributed by atoms with Crippen molar-refractivity contribution in [2.24, 2.45) is 5.73 Å². The zero-order valence-corrected chi connectivity index (χ0v) is 7.95. The number of nitrogens with one attached hydrogen (secondary N) is 1. The van der Waals surface area contributed by atoms with Crippen LogP contribution in [-0.2, 0) is 6.42 Å². The quantitative estimate of drug-likeness (QED) is 0.674. The van der Waals surface area contributed by atoms with Gasteiger partial charge in [0.2, 0.25) is 0 Å². The van der Waals surface area contributed by atoms with E-state index in [1.54, 1.807) is 12.5 Å². The van der Waals surface area contributed by atoms with E-state index in [1.807, 2.05) is 0 Å². The molecule has 0 saturated carbocycles. The molecule has 1 heterocycles. The topological polar surface area (TPSA) is 54.7 Å². The summed E-state index contributed by atoms with van der Waals surface area (Å²) in [4.78, 5) is 6.78. The molecule has 0 aliphatic carbocycles. The SMILES string of the molecule is NCCc1cnc[nH]1.[Sn]. The van der Waals surface area contributed by atoms with Gasteiger partial charge in [-0.2, -0.15) is 0 Å². The Morgan fingerprint density at radius 1 is 1.67 bits per heavy atom. The molecule has 9 heavy (non-hydrogen) atoms. The van der Waals surface area contributed by atoms with E-state index in [0.717, 1.165) is 12.1 Å². The van der Waals surface area contributed by atoms with E-state index < -0.39 is 0 Å². The number of H-pyrrole nitrogens is 1. The fraction of sp³-hybridized carbons (Fsp3) is 0.400. The van der Waals surface area contributed by atoms with E-state index >= 15 is 0 Å². The molecule has 1 aromatic heterocycles. The minimum Gasteiger partial charge on any atom is -0.348 e. The molecule has 3 nitrogen and oxygen atoms in total. The number of rotatable bonds is 2. The van der Waals surface area contributed by atoms with E-state index in [4.69, 9.17) is 5.73 Å². The maximum absolute atomic E-state index is 5.27. The van der Waals surface area contributed by atoms with Crippen molar-refractivity contribution in [3.05, 3.63) is 18.2 Å². The van der Waals surface area contributed by atoms with Crippen molar-refractivity contribution in [1.82, 2.24) is 9.97 Å². The Labute approximate surface area is 71.0 Å². The molecule has 0 aliphatic heterocycles. The molecule has 4 heteroatoms. The molecular formula is C5H9N3Sn. The van der Waals surface area contributed by atoms with Gasteiger partial charge < -0.3 is 10.7 Å². The van der Waals surface area contributed by atoms with Crippen molar-refractivity contribution in [3.63, 3.8) is 0 Å². The van der Waals surface area contributed by atoms with Gasteiger partial charge in [-0.05, 0) is 6.54 Å². The van der Waals surface area contributed by atoms with Crippen LogP contribution >= 0.6 is 0 Å². The van der Waals surface area contributed by atoms with Gasteiger partial charge in [-0.25, -0.2) is 4.98 Å². The Balaban J connectivity index is 0.000000640. The number of nitrogens with zero attached hydrogens (tertiary/aromatic N) is 1. The van der Waals surface area contributed by atoms with Gasteiger partial charge in [-0.15, -0.1) is 0 Å². The second-order valence-electron chi connectivity index (χ2n) is 1.62. The molecule has 3 N–H and O–H groups in total. The van der Waals surface area contributed by atoms with Crippen LogP contribution in [0.25, 0.3) is 0 Å².